The summed E-state index contributed by atoms with van der Waals surface area (Å²) in [6.07, 6.45) is 3.98. The van der Waals surface area contributed by atoms with Gasteiger partial charge < -0.3 is 9.64 Å². The molecule has 1 heterocycles. The number of ether oxygens (including phenoxy) is 1. The summed E-state index contributed by atoms with van der Waals surface area (Å²) in [4.78, 5) is 2.56. The fourth-order valence-corrected chi connectivity index (χ4v) is 1.92. The Morgan fingerprint density at radius 2 is 2.33 bits per heavy atom. The van der Waals surface area contributed by atoms with E-state index < -0.39 is 0 Å². The molecule has 0 N–H and O–H groups in total. The second kappa shape index (κ2) is 5.55. The molecule has 0 aromatic heterocycles. The van der Waals surface area contributed by atoms with Gasteiger partial charge in [-0.25, -0.2) is 0 Å². The van der Waals surface area contributed by atoms with Crippen molar-refractivity contribution in [3.8, 4) is 0 Å². The molecule has 1 aliphatic rings. The summed E-state index contributed by atoms with van der Waals surface area (Å²) < 4.78 is 5.03. The van der Waals surface area contributed by atoms with Crippen LogP contribution in [0.15, 0.2) is 0 Å². The minimum absolute atomic E-state index is 0.904. The number of rotatable bonds is 4. The van der Waals surface area contributed by atoms with Crippen LogP contribution in [0.4, 0.5) is 0 Å². The summed E-state index contributed by atoms with van der Waals surface area (Å²) in [6.45, 7) is 7.07. The lowest BCUT2D eigenvalue weighted by molar-refractivity contribution is 0.145. The Labute approximate surface area is 75.9 Å². The van der Waals surface area contributed by atoms with E-state index in [1.807, 2.05) is 0 Å². The minimum Gasteiger partial charge on any atom is -0.385 e. The Kier molecular flexibility index (Phi) is 4.62. The largest absolute Gasteiger partial charge is 0.385 e. The van der Waals surface area contributed by atoms with E-state index in [0.717, 1.165) is 12.5 Å². The highest BCUT2D eigenvalue weighted by molar-refractivity contribution is 4.69. The van der Waals surface area contributed by atoms with Gasteiger partial charge in [0, 0.05) is 26.8 Å². The Balaban J connectivity index is 2.06. The molecule has 0 spiro atoms. The van der Waals surface area contributed by atoms with Crippen molar-refractivity contribution in [1.82, 2.24) is 4.90 Å². The van der Waals surface area contributed by atoms with E-state index in [0.29, 0.717) is 0 Å². The maximum atomic E-state index is 5.03. The van der Waals surface area contributed by atoms with Crippen molar-refractivity contribution >= 4 is 0 Å². The predicted octanol–water partition coefficient (Wildman–Crippen LogP) is 1.75. The van der Waals surface area contributed by atoms with E-state index >= 15 is 0 Å². The average molecular weight is 171 g/mol. The molecule has 0 saturated carbocycles. The van der Waals surface area contributed by atoms with Crippen LogP contribution in [0.1, 0.15) is 26.2 Å². The van der Waals surface area contributed by atoms with Gasteiger partial charge in [-0.3, -0.25) is 0 Å². The van der Waals surface area contributed by atoms with Gasteiger partial charge >= 0.3 is 0 Å². The number of hydrogen-bond donors (Lipinski definition) is 0. The normalized spacial score (nSPS) is 26.0. The van der Waals surface area contributed by atoms with Gasteiger partial charge in [-0.05, 0) is 31.7 Å². The Bertz CT molecular complexity index is 116. The third-order valence-corrected chi connectivity index (χ3v) is 2.56. The molecule has 1 fully saturated rings. The highest BCUT2D eigenvalue weighted by Gasteiger charge is 2.14. The zero-order valence-corrected chi connectivity index (χ0v) is 8.38. The first-order valence-corrected chi connectivity index (χ1v) is 5.04. The Morgan fingerprint density at radius 3 is 3.00 bits per heavy atom. The fourth-order valence-electron chi connectivity index (χ4n) is 1.92. The lowest BCUT2D eigenvalue weighted by Crippen LogP contribution is -2.35. The molecule has 0 amide bonds. The highest BCUT2D eigenvalue weighted by atomic mass is 16.5. The summed E-state index contributed by atoms with van der Waals surface area (Å²) in [6, 6.07) is 0. The first-order chi connectivity index (χ1) is 5.83. The average Bonchev–Trinajstić information content (AvgIpc) is 2.05. The number of piperidine rings is 1. The first-order valence-electron chi connectivity index (χ1n) is 5.04. The monoisotopic (exact) mass is 171 g/mol. The van der Waals surface area contributed by atoms with Crippen molar-refractivity contribution in [1.29, 1.82) is 0 Å². The molecule has 0 aromatic carbocycles. The van der Waals surface area contributed by atoms with E-state index in [9.17, 15) is 0 Å². The molecule has 1 rings (SSSR count). The van der Waals surface area contributed by atoms with Gasteiger partial charge in [0.25, 0.3) is 0 Å². The van der Waals surface area contributed by atoms with Crippen molar-refractivity contribution in [2.24, 2.45) is 5.92 Å². The Hall–Kier alpha value is -0.0800. The van der Waals surface area contributed by atoms with Crippen molar-refractivity contribution in [3.05, 3.63) is 0 Å². The summed E-state index contributed by atoms with van der Waals surface area (Å²) in [5, 5.41) is 0. The standard InChI is InChI=1S/C10H21NO/c1-10-5-3-6-11(9-10)7-4-8-12-2/h10H,3-9H2,1-2H3/t10-/m0/s1. The lowest BCUT2D eigenvalue weighted by atomic mass is 10.0. The second-order valence-corrected chi connectivity index (χ2v) is 3.89. The van der Waals surface area contributed by atoms with Crippen LogP contribution in [-0.4, -0.2) is 38.3 Å². The van der Waals surface area contributed by atoms with E-state index in [2.05, 4.69) is 11.8 Å². The molecule has 1 aliphatic heterocycles. The third kappa shape index (κ3) is 3.55. The molecule has 0 bridgehead atoms. The summed E-state index contributed by atoms with van der Waals surface area (Å²) in [5.41, 5.74) is 0. The van der Waals surface area contributed by atoms with Gasteiger partial charge in [0.15, 0.2) is 0 Å². The number of nitrogens with zero attached hydrogens (tertiary/aromatic N) is 1. The third-order valence-electron chi connectivity index (χ3n) is 2.56. The van der Waals surface area contributed by atoms with E-state index in [1.165, 1.54) is 38.9 Å². The molecular formula is C10H21NO. The van der Waals surface area contributed by atoms with Crippen LogP contribution in [0.2, 0.25) is 0 Å². The molecule has 12 heavy (non-hydrogen) atoms. The topological polar surface area (TPSA) is 12.5 Å². The quantitative estimate of drug-likeness (QED) is 0.598. The van der Waals surface area contributed by atoms with Crippen LogP contribution >= 0.6 is 0 Å². The zero-order valence-electron chi connectivity index (χ0n) is 8.38. The molecule has 2 heteroatoms. The predicted molar refractivity (Wildman–Crippen MR) is 51.3 cm³/mol. The number of hydrogen-bond acceptors (Lipinski definition) is 2. The van der Waals surface area contributed by atoms with Gasteiger partial charge in [0.2, 0.25) is 0 Å². The summed E-state index contributed by atoms with van der Waals surface area (Å²) in [5.74, 6) is 0.904. The zero-order chi connectivity index (χ0) is 8.81. The summed E-state index contributed by atoms with van der Waals surface area (Å²) >= 11 is 0. The van der Waals surface area contributed by atoms with Crippen molar-refractivity contribution in [2.45, 2.75) is 26.2 Å². The number of methoxy groups -OCH3 is 1. The van der Waals surface area contributed by atoms with Crippen LogP contribution in [0.25, 0.3) is 0 Å². The van der Waals surface area contributed by atoms with Gasteiger partial charge in [0.05, 0.1) is 0 Å². The smallest absolute Gasteiger partial charge is 0.0474 e. The lowest BCUT2D eigenvalue weighted by Gasteiger charge is -2.30. The molecule has 0 unspecified atom stereocenters. The van der Waals surface area contributed by atoms with Crippen molar-refractivity contribution < 1.29 is 4.74 Å². The molecular weight excluding hydrogens is 150 g/mol. The SMILES string of the molecule is COCCCN1CCC[C@H](C)C1. The highest BCUT2D eigenvalue weighted by Crippen LogP contribution is 2.15. The van der Waals surface area contributed by atoms with E-state index in [-0.39, 0.29) is 0 Å². The molecule has 1 atom stereocenters. The maximum Gasteiger partial charge on any atom is 0.0474 e. The molecule has 2 nitrogen and oxygen atoms in total. The van der Waals surface area contributed by atoms with Crippen molar-refractivity contribution in [2.75, 3.05) is 33.4 Å². The fraction of sp³-hybridized carbons (Fsp3) is 1.00. The van der Waals surface area contributed by atoms with Gasteiger partial charge in [-0.15, -0.1) is 0 Å². The summed E-state index contributed by atoms with van der Waals surface area (Å²) in [7, 11) is 1.78. The first kappa shape index (κ1) is 10.0. The van der Waals surface area contributed by atoms with Crippen LogP contribution in [-0.2, 0) is 4.74 Å². The van der Waals surface area contributed by atoms with Crippen LogP contribution in [0.3, 0.4) is 0 Å². The van der Waals surface area contributed by atoms with E-state index in [4.69, 9.17) is 4.74 Å². The molecule has 0 aliphatic carbocycles. The van der Waals surface area contributed by atoms with E-state index in [1.54, 1.807) is 7.11 Å². The van der Waals surface area contributed by atoms with Crippen LogP contribution in [0.5, 0.6) is 0 Å². The van der Waals surface area contributed by atoms with Crippen LogP contribution < -0.4 is 0 Å². The van der Waals surface area contributed by atoms with Gasteiger partial charge in [-0.1, -0.05) is 6.92 Å². The van der Waals surface area contributed by atoms with Gasteiger partial charge in [0.1, 0.15) is 0 Å². The maximum absolute atomic E-state index is 5.03. The Morgan fingerprint density at radius 1 is 1.50 bits per heavy atom. The van der Waals surface area contributed by atoms with Crippen LogP contribution in [0, 0.1) is 5.92 Å². The molecule has 1 saturated heterocycles. The number of likely N-dealkylation sites (tertiary alicyclic amines) is 1. The molecule has 0 aromatic rings. The second-order valence-electron chi connectivity index (χ2n) is 3.89. The van der Waals surface area contributed by atoms with Crippen molar-refractivity contribution in [3.63, 3.8) is 0 Å². The molecule has 72 valence electrons. The van der Waals surface area contributed by atoms with Gasteiger partial charge in [-0.2, -0.15) is 0 Å². The molecule has 0 radical (unpaired) electrons. The minimum atomic E-state index is 0.904.